The lowest BCUT2D eigenvalue weighted by atomic mass is 9.91. The number of thioether (sulfide) groups is 1. The van der Waals surface area contributed by atoms with Crippen LogP contribution in [-0.4, -0.2) is 84.5 Å². The van der Waals surface area contributed by atoms with Gasteiger partial charge in [-0.2, -0.15) is 11.8 Å². The van der Waals surface area contributed by atoms with E-state index in [1.54, 1.807) is 0 Å². The van der Waals surface area contributed by atoms with Crippen molar-refractivity contribution >= 4 is 17.7 Å². The zero-order valence-corrected chi connectivity index (χ0v) is 15.5. The van der Waals surface area contributed by atoms with Gasteiger partial charge >= 0.3 is 0 Å². The fourth-order valence-electron chi connectivity index (χ4n) is 4.26. The first kappa shape index (κ1) is 17.6. The van der Waals surface area contributed by atoms with E-state index >= 15 is 0 Å². The number of amides is 1. The van der Waals surface area contributed by atoms with Gasteiger partial charge in [0.2, 0.25) is 5.91 Å². The number of nitrogens with zero attached hydrogens (tertiary/aromatic N) is 3. The number of hydrogen-bond acceptors (Lipinski definition) is 4. The number of likely N-dealkylation sites (tertiary alicyclic amines) is 1. The van der Waals surface area contributed by atoms with E-state index in [2.05, 4.69) is 33.5 Å². The summed E-state index contributed by atoms with van der Waals surface area (Å²) in [5.74, 6) is 3.82. The van der Waals surface area contributed by atoms with Crippen molar-refractivity contribution in [1.82, 2.24) is 14.7 Å². The molecule has 1 atom stereocenters. The molecule has 0 aliphatic carbocycles. The standard InChI is InChI=1S/C18H33N3OS/c1-19-9-11-20(12-10-19)18(22)5-4-16-3-2-8-21(15-16)17-6-13-23-14-7-17/h16-17H,2-15H2,1H3/t16-/m0/s1. The smallest absolute Gasteiger partial charge is 0.222 e. The van der Waals surface area contributed by atoms with E-state index in [1.807, 2.05) is 0 Å². The topological polar surface area (TPSA) is 26.8 Å². The fourth-order valence-corrected chi connectivity index (χ4v) is 5.34. The van der Waals surface area contributed by atoms with Gasteiger partial charge in [0, 0.05) is 45.2 Å². The van der Waals surface area contributed by atoms with Crippen molar-refractivity contribution in [3.63, 3.8) is 0 Å². The number of piperazine rings is 1. The molecule has 3 rings (SSSR count). The lowest BCUT2D eigenvalue weighted by Gasteiger charge is -2.40. The van der Waals surface area contributed by atoms with Crippen LogP contribution in [0.2, 0.25) is 0 Å². The van der Waals surface area contributed by atoms with Crippen LogP contribution in [0.15, 0.2) is 0 Å². The van der Waals surface area contributed by atoms with Crippen LogP contribution in [0.5, 0.6) is 0 Å². The maximum absolute atomic E-state index is 12.4. The molecule has 0 aromatic rings. The molecule has 3 saturated heterocycles. The van der Waals surface area contributed by atoms with E-state index in [9.17, 15) is 4.79 Å². The number of likely N-dealkylation sites (N-methyl/N-ethyl adjacent to an activating group) is 1. The van der Waals surface area contributed by atoms with Gasteiger partial charge in [-0.3, -0.25) is 4.79 Å². The van der Waals surface area contributed by atoms with Crippen LogP contribution in [0.4, 0.5) is 0 Å². The Bertz CT molecular complexity index is 378. The van der Waals surface area contributed by atoms with E-state index in [1.165, 1.54) is 50.3 Å². The van der Waals surface area contributed by atoms with Gasteiger partial charge in [0.25, 0.3) is 0 Å². The Hall–Kier alpha value is -0.260. The summed E-state index contributed by atoms with van der Waals surface area (Å²) in [6, 6.07) is 0.826. The van der Waals surface area contributed by atoms with Crippen molar-refractivity contribution in [3.8, 4) is 0 Å². The second-order valence-corrected chi connectivity index (χ2v) is 8.79. The van der Waals surface area contributed by atoms with Gasteiger partial charge in [0.05, 0.1) is 0 Å². The van der Waals surface area contributed by atoms with Crippen molar-refractivity contribution in [2.75, 3.05) is 57.8 Å². The first-order valence-corrected chi connectivity index (χ1v) is 10.7. The van der Waals surface area contributed by atoms with Gasteiger partial charge in [-0.25, -0.2) is 0 Å². The summed E-state index contributed by atoms with van der Waals surface area (Å²) in [7, 11) is 2.14. The summed E-state index contributed by atoms with van der Waals surface area (Å²) in [6.45, 7) is 6.44. The number of hydrogen-bond donors (Lipinski definition) is 0. The third-order valence-electron chi connectivity index (χ3n) is 5.88. The molecule has 0 bridgehead atoms. The number of rotatable bonds is 4. The summed E-state index contributed by atoms with van der Waals surface area (Å²) < 4.78 is 0. The van der Waals surface area contributed by atoms with E-state index in [4.69, 9.17) is 0 Å². The van der Waals surface area contributed by atoms with Gasteiger partial charge in [-0.15, -0.1) is 0 Å². The summed E-state index contributed by atoms with van der Waals surface area (Å²) in [5.41, 5.74) is 0. The highest BCUT2D eigenvalue weighted by molar-refractivity contribution is 7.99. The lowest BCUT2D eigenvalue weighted by molar-refractivity contribution is -0.133. The molecule has 3 heterocycles. The molecule has 3 fully saturated rings. The van der Waals surface area contributed by atoms with Crippen LogP contribution >= 0.6 is 11.8 Å². The monoisotopic (exact) mass is 339 g/mol. The highest BCUT2D eigenvalue weighted by Gasteiger charge is 2.28. The number of carbonyl (C=O) groups excluding carboxylic acids is 1. The Labute approximate surface area is 145 Å². The predicted octanol–water partition coefficient (Wildman–Crippen LogP) is 2.15. The molecule has 23 heavy (non-hydrogen) atoms. The van der Waals surface area contributed by atoms with Crippen molar-refractivity contribution in [2.45, 2.75) is 44.6 Å². The van der Waals surface area contributed by atoms with Crippen molar-refractivity contribution in [2.24, 2.45) is 5.92 Å². The normalized spacial score (nSPS) is 28.9. The van der Waals surface area contributed by atoms with Crippen LogP contribution in [0.1, 0.15) is 38.5 Å². The summed E-state index contributed by atoms with van der Waals surface area (Å²) in [5, 5.41) is 0. The molecule has 0 saturated carbocycles. The minimum absolute atomic E-state index is 0.393. The molecule has 0 N–H and O–H groups in total. The maximum Gasteiger partial charge on any atom is 0.222 e. The molecule has 0 spiro atoms. The quantitative estimate of drug-likeness (QED) is 0.784. The van der Waals surface area contributed by atoms with E-state index in [-0.39, 0.29) is 0 Å². The highest BCUT2D eigenvalue weighted by atomic mass is 32.2. The summed E-state index contributed by atoms with van der Waals surface area (Å²) in [6.07, 6.45) is 7.27. The molecule has 5 heteroatoms. The zero-order valence-electron chi connectivity index (χ0n) is 14.7. The van der Waals surface area contributed by atoms with Crippen LogP contribution < -0.4 is 0 Å². The lowest BCUT2D eigenvalue weighted by Crippen LogP contribution is -2.47. The average molecular weight is 340 g/mol. The van der Waals surface area contributed by atoms with Crippen LogP contribution in [0.25, 0.3) is 0 Å². The molecule has 0 radical (unpaired) electrons. The average Bonchev–Trinajstić information content (AvgIpc) is 2.61. The maximum atomic E-state index is 12.4. The molecule has 3 aliphatic heterocycles. The zero-order chi connectivity index (χ0) is 16.1. The Morgan fingerprint density at radius 3 is 2.52 bits per heavy atom. The number of piperidine rings is 1. The van der Waals surface area contributed by atoms with Gasteiger partial charge < -0.3 is 14.7 Å². The van der Waals surface area contributed by atoms with Gasteiger partial charge in [-0.1, -0.05) is 0 Å². The van der Waals surface area contributed by atoms with Crippen molar-refractivity contribution in [1.29, 1.82) is 0 Å². The van der Waals surface area contributed by atoms with Gasteiger partial charge in [0.15, 0.2) is 0 Å². The summed E-state index contributed by atoms with van der Waals surface area (Å²) >= 11 is 2.11. The molecule has 4 nitrogen and oxygen atoms in total. The third kappa shape index (κ3) is 5.10. The number of carbonyl (C=O) groups is 1. The molecule has 0 aromatic heterocycles. The van der Waals surface area contributed by atoms with Gasteiger partial charge in [0.1, 0.15) is 0 Å². The molecule has 0 unspecified atom stereocenters. The SMILES string of the molecule is CN1CCN(C(=O)CC[C@@H]2CCCN(C3CCSCC3)C2)CC1. The minimum atomic E-state index is 0.393. The summed E-state index contributed by atoms with van der Waals surface area (Å²) in [4.78, 5) is 19.6. The van der Waals surface area contributed by atoms with Crippen molar-refractivity contribution in [3.05, 3.63) is 0 Å². The Morgan fingerprint density at radius 1 is 1.04 bits per heavy atom. The van der Waals surface area contributed by atoms with E-state index in [0.29, 0.717) is 5.91 Å². The first-order chi connectivity index (χ1) is 11.2. The van der Waals surface area contributed by atoms with E-state index < -0.39 is 0 Å². The molecule has 3 aliphatic rings. The molecule has 0 aromatic carbocycles. The van der Waals surface area contributed by atoms with Crippen LogP contribution in [0, 0.1) is 5.92 Å². The molecular weight excluding hydrogens is 306 g/mol. The first-order valence-electron chi connectivity index (χ1n) is 9.50. The van der Waals surface area contributed by atoms with E-state index in [0.717, 1.165) is 51.0 Å². The third-order valence-corrected chi connectivity index (χ3v) is 6.93. The Kier molecular flexibility index (Phi) is 6.66. The predicted molar refractivity (Wildman–Crippen MR) is 98.0 cm³/mol. The highest BCUT2D eigenvalue weighted by Crippen LogP contribution is 2.28. The Morgan fingerprint density at radius 2 is 1.78 bits per heavy atom. The fraction of sp³-hybridized carbons (Fsp3) is 0.944. The largest absolute Gasteiger partial charge is 0.340 e. The second kappa shape index (κ2) is 8.72. The molecule has 132 valence electrons. The molecular formula is C18H33N3OS. The Balaban J connectivity index is 1.40. The van der Waals surface area contributed by atoms with Gasteiger partial charge in [-0.05, 0) is 63.1 Å². The minimum Gasteiger partial charge on any atom is -0.340 e. The van der Waals surface area contributed by atoms with Crippen LogP contribution in [0.3, 0.4) is 0 Å². The molecule has 1 amide bonds. The van der Waals surface area contributed by atoms with Crippen LogP contribution in [-0.2, 0) is 4.79 Å². The second-order valence-electron chi connectivity index (χ2n) is 7.57. The van der Waals surface area contributed by atoms with Crippen molar-refractivity contribution < 1.29 is 4.79 Å².